The lowest BCUT2D eigenvalue weighted by molar-refractivity contribution is 0.0978. The zero-order valence-corrected chi connectivity index (χ0v) is 18.8. The van der Waals surface area contributed by atoms with Crippen LogP contribution in [0.1, 0.15) is 10.4 Å². The molecule has 0 saturated carbocycles. The third-order valence-corrected chi connectivity index (χ3v) is 6.11. The fourth-order valence-corrected chi connectivity index (χ4v) is 4.41. The van der Waals surface area contributed by atoms with Crippen LogP contribution in [0, 0.1) is 0 Å². The van der Waals surface area contributed by atoms with Gasteiger partial charge in [0.25, 0.3) is 5.91 Å². The molecular formula is C21H13BrClN3OS2. The Balaban J connectivity index is 1.58. The highest BCUT2D eigenvalue weighted by molar-refractivity contribution is 9.10. The van der Waals surface area contributed by atoms with Crippen molar-refractivity contribution in [2.75, 3.05) is 5.32 Å². The van der Waals surface area contributed by atoms with Crippen molar-refractivity contribution < 1.29 is 4.79 Å². The van der Waals surface area contributed by atoms with Crippen LogP contribution >= 0.6 is 51.1 Å². The van der Waals surface area contributed by atoms with Gasteiger partial charge in [0.15, 0.2) is 5.11 Å². The molecule has 0 bridgehead atoms. The van der Waals surface area contributed by atoms with E-state index in [9.17, 15) is 4.79 Å². The number of thiazole rings is 1. The van der Waals surface area contributed by atoms with E-state index in [2.05, 4.69) is 26.6 Å². The SMILES string of the molecule is O=C(NC(=S)Nc1ccc(Br)cc1-c1nc2ccccc2s1)c1ccc(Cl)cc1. The number of amides is 1. The number of halogens is 2. The zero-order chi connectivity index (χ0) is 20.4. The standard InChI is InChI=1S/C21H13BrClN3OS2/c22-13-7-10-16(15(11-13)20-24-17-3-1-2-4-18(17)29-20)25-21(28)26-19(27)12-5-8-14(23)9-6-12/h1-11H,(H2,25,26,27,28). The van der Waals surface area contributed by atoms with E-state index in [-0.39, 0.29) is 11.0 Å². The largest absolute Gasteiger partial charge is 0.332 e. The number of fused-ring (bicyclic) bond motifs is 1. The summed E-state index contributed by atoms with van der Waals surface area (Å²) in [6.45, 7) is 0. The van der Waals surface area contributed by atoms with Gasteiger partial charge in [-0.3, -0.25) is 10.1 Å². The Bertz CT molecular complexity index is 1190. The molecule has 0 saturated heterocycles. The normalized spacial score (nSPS) is 10.7. The third kappa shape index (κ3) is 4.64. The van der Waals surface area contributed by atoms with Crippen LogP contribution in [0.15, 0.2) is 71.2 Å². The van der Waals surface area contributed by atoms with E-state index < -0.39 is 0 Å². The summed E-state index contributed by atoms with van der Waals surface area (Å²) in [5, 5.41) is 7.44. The number of hydrogen-bond donors (Lipinski definition) is 2. The van der Waals surface area contributed by atoms with Crippen LogP contribution in [0.5, 0.6) is 0 Å². The molecule has 3 aromatic carbocycles. The molecule has 0 fully saturated rings. The van der Waals surface area contributed by atoms with Gasteiger partial charge in [0, 0.05) is 20.6 Å². The molecule has 0 unspecified atom stereocenters. The van der Waals surface area contributed by atoms with Gasteiger partial charge in [0.2, 0.25) is 0 Å². The van der Waals surface area contributed by atoms with Crippen LogP contribution < -0.4 is 10.6 Å². The van der Waals surface area contributed by atoms with Crippen LogP contribution in [-0.2, 0) is 0 Å². The fraction of sp³-hybridized carbons (Fsp3) is 0. The van der Waals surface area contributed by atoms with Gasteiger partial charge in [-0.25, -0.2) is 4.98 Å². The number of thiocarbonyl (C=S) groups is 1. The number of anilines is 1. The van der Waals surface area contributed by atoms with Crippen molar-refractivity contribution in [3.63, 3.8) is 0 Å². The summed E-state index contributed by atoms with van der Waals surface area (Å²) in [7, 11) is 0. The Kier molecular flexibility index (Phi) is 5.91. The Labute approximate surface area is 190 Å². The first kappa shape index (κ1) is 20.0. The predicted octanol–water partition coefficient (Wildman–Crippen LogP) is 6.51. The maximum absolute atomic E-state index is 12.4. The fourth-order valence-electron chi connectivity index (χ4n) is 2.72. The van der Waals surface area contributed by atoms with Crippen molar-refractivity contribution in [3.05, 3.63) is 81.8 Å². The molecule has 1 aromatic heterocycles. The minimum atomic E-state index is -0.308. The van der Waals surface area contributed by atoms with Crippen molar-refractivity contribution in [1.29, 1.82) is 0 Å². The summed E-state index contributed by atoms with van der Waals surface area (Å²) < 4.78 is 2.03. The van der Waals surface area contributed by atoms with E-state index in [4.69, 9.17) is 28.8 Å². The number of aromatic nitrogens is 1. The molecule has 0 radical (unpaired) electrons. The number of carbonyl (C=O) groups is 1. The predicted molar refractivity (Wildman–Crippen MR) is 128 cm³/mol. The van der Waals surface area contributed by atoms with Crippen LogP contribution in [0.25, 0.3) is 20.8 Å². The van der Waals surface area contributed by atoms with Crippen molar-refractivity contribution in [2.24, 2.45) is 0 Å². The second kappa shape index (κ2) is 8.59. The summed E-state index contributed by atoms with van der Waals surface area (Å²) in [6.07, 6.45) is 0. The van der Waals surface area contributed by atoms with Crippen LogP contribution in [0.3, 0.4) is 0 Å². The van der Waals surface area contributed by atoms with Gasteiger partial charge in [0.05, 0.1) is 15.9 Å². The highest BCUT2D eigenvalue weighted by atomic mass is 79.9. The molecule has 29 heavy (non-hydrogen) atoms. The summed E-state index contributed by atoms with van der Waals surface area (Å²) in [6, 6.07) is 20.4. The highest BCUT2D eigenvalue weighted by Gasteiger charge is 2.14. The number of nitrogens with zero attached hydrogens (tertiary/aromatic N) is 1. The van der Waals surface area contributed by atoms with E-state index in [0.717, 1.165) is 30.9 Å². The minimum Gasteiger partial charge on any atom is -0.332 e. The van der Waals surface area contributed by atoms with Gasteiger partial charge < -0.3 is 5.32 Å². The lowest BCUT2D eigenvalue weighted by Crippen LogP contribution is -2.34. The monoisotopic (exact) mass is 501 g/mol. The molecule has 4 nitrogen and oxygen atoms in total. The van der Waals surface area contributed by atoms with E-state index in [1.54, 1.807) is 35.6 Å². The number of para-hydroxylation sites is 1. The lowest BCUT2D eigenvalue weighted by Gasteiger charge is -2.13. The third-order valence-electron chi connectivity index (χ3n) is 4.09. The summed E-state index contributed by atoms with van der Waals surface area (Å²) in [4.78, 5) is 17.1. The first-order chi connectivity index (χ1) is 14.0. The molecule has 0 spiro atoms. The Hall–Kier alpha value is -2.32. The maximum Gasteiger partial charge on any atom is 0.257 e. The molecular weight excluding hydrogens is 490 g/mol. The minimum absolute atomic E-state index is 0.203. The molecule has 144 valence electrons. The maximum atomic E-state index is 12.4. The Morgan fingerprint density at radius 2 is 1.83 bits per heavy atom. The molecule has 0 aliphatic carbocycles. The number of nitrogens with one attached hydrogen (secondary N) is 2. The van der Waals surface area contributed by atoms with Crippen molar-refractivity contribution in [3.8, 4) is 10.6 Å². The van der Waals surface area contributed by atoms with Crippen LogP contribution in [-0.4, -0.2) is 16.0 Å². The topological polar surface area (TPSA) is 54.0 Å². The van der Waals surface area contributed by atoms with Crippen LogP contribution in [0.4, 0.5) is 5.69 Å². The van der Waals surface area contributed by atoms with Crippen molar-refractivity contribution in [1.82, 2.24) is 10.3 Å². The van der Waals surface area contributed by atoms with Crippen molar-refractivity contribution in [2.45, 2.75) is 0 Å². The number of benzene rings is 3. The number of rotatable bonds is 3. The molecule has 0 atom stereocenters. The van der Waals surface area contributed by atoms with E-state index in [1.807, 2.05) is 42.5 Å². The van der Waals surface area contributed by atoms with E-state index in [1.165, 1.54) is 0 Å². The first-order valence-corrected chi connectivity index (χ1v) is 10.9. The molecule has 0 aliphatic heterocycles. The molecule has 0 aliphatic rings. The van der Waals surface area contributed by atoms with Gasteiger partial charge in [-0.05, 0) is 66.8 Å². The molecule has 2 N–H and O–H groups in total. The molecule has 4 rings (SSSR count). The molecule has 1 heterocycles. The lowest BCUT2D eigenvalue weighted by atomic mass is 10.2. The van der Waals surface area contributed by atoms with Gasteiger partial charge in [0.1, 0.15) is 5.01 Å². The number of hydrogen-bond acceptors (Lipinski definition) is 4. The molecule has 8 heteroatoms. The second-order valence-corrected chi connectivity index (χ2v) is 8.88. The molecule has 1 amide bonds. The summed E-state index contributed by atoms with van der Waals surface area (Å²) >= 11 is 16.3. The molecule has 4 aromatic rings. The number of carbonyl (C=O) groups excluding carboxylic acids is 1. The van der Waals surface area contributed by atoms with Gasteiger partial charge in [-0.1, -0.05) is 39.7 Å². The van der Waals surface area contributed by atoms with Crippen LogP contribution in [0.2, 0.25) is 5.02 Å². The summed E-state index contributed by atoms with van der Waals surface area (Å²) in [5.41, 5.74) is 3.06. The quantitative estimate of drug-likeness (QED) is 0.314. The van der Waals surface area contributed by atoms with Crippen molar-refractivity contribution >= 4 is 78.0 Å². The van der Waals surface area contributed by atoms with Gasteiger partial charge in [-0.15, -0.1) is 11.3 Å². The average Bonchev–Trinajstić information content (AvgIpc) is 3.14. The summed E-state index contributed by atoms with van der Waals surface area (Å²) in [5.74, 6) is -0.308. The zero-order valence-electron chi connectivity index (χ0n) is 14.8. The average molecular weight is 503 g/mol. The van der Waals surface area contributed by atoms with Gasteiger partial charge in [-0.2, -0.15) is 0 Å². The highest BCUT2D eigenvalue weighted by Crippen LogP contribution is 2.36. The Morgan fingerprint density at radius 1 is 1.07 bits per heavy atom. The van der Waals surface area contributed by atoms with E-state index in [0.29, 0.717) is 10.6 Å². The second-order valence-electron chi connectivity index (χ2n) is 6.09. The van der Waals surface area contributed by atoms with Gasteiger partial charge >= 0.3 is 0 Å². The Morgan fingerprint density at radius 3 is 2.59 bits per heavy atom. The van der Waals surface area contributed by atoms with E-state index >= 15 is 0 Å². The first-order valence-electron chi connectivity index (χ1n) is 8.53. The smallest absolute Gasteiger partial charge is 0.257 e.